The van der Waals surface area contributed by atoms with Crippen molar-refractivity contribution >= 4 is 10.9 Å². The van der Waals surface area contributed by atoms with Crippen LogP contribution in [0.15, 0.2) is 64.2 Å². The van der Waals surface area contributed by atoms with Gasteiger partial charge in [0.2, 0.25) is 0 Å². The fourth-order valence-corrected chi connectivity index (χ4v) is 4.53. The summed E-state index contributed by atoms with van der Waals surface area (Å²) >= 11 is 0. The lowest BCUT2D eigenvalue weighted by Gasteiger charge is -2.28. The summed E-state index contributed by atoms with van der Waals surface area (Å²) in [6.45, 7) is 1.08. The fourth-order valence-electron chi connectivity index (χ4n) is 4.53. The molecular formula is C24H23N3O4. The van der Waals surface area contributed by atoms with Gasteiger partial charge in [0.25, 0.3) is 5.56 Å². The summed E-state index contributed by atoms with van der Waals surface area (Å²) in [6, 6.07) is 17.5. The lowest BCUT2D eigenvalue weighted by molar-refractivity contribution is 0.0477. The minimum Gasteiger partial charge on any atom is -0.497 e. The van der Waals surface area contributed by atoms with Crippen LogP contribution in [0.3, 0.4) is 0 Å². The van der Waals surface area contributed by atoms with E-state index < -0.39 is 6.10 Å². The molecule has 7 heteroatoms. The van der Waals surface area contributed by atoms with Crippen molar-refractivity contribution in [2.75, 3.05) is 13.7 Å². The number of aryl methyl sites for hydroxylation is 1. The van der Waals surface area contributed by atoms with Crippen molar-refractivity contribution < 1.29 is 9.47 Å². The molecule has 1 aliphatic rings. The van der Waals surface area contributed by atoms with E-state index in [9.17, 15) is 9.59 Å². The molecule has 158 valence electrons. The highest BCUT2D eigenvalue weighted by atomic mass is 16.5. The fraction of sp³-hybridized carbons (Fsp3) is 0.250. The zero-order valence-electron chi connectivity index (χ0n) is 17.7. The summed E-state index contributed by atoms with van der Waals surface area (Å²) in [7, 11) is 4.85. The van der Waals surface area contributed by atoms with Gasteiger partial charge in [0.1, 0.15) is 11.9 Å². The minimum atomic E-state index is -0.429. The normalized spacial score (nSPS) is 15.8. The molecule has 0 N–H and O–H groups in total. The first kappa shape index (κ1) is 19.4. The summed E-state index contributed by atoms with van der Waals surface area (Å²) in [6.07, 6.45) is -0.429. The van der Waals surface area contributed by atoms with Crippen LogP contribution in [0, 0.1) is 0 Å². The van der Waals surface area contributed by atoms with E-state index >= 15 is 0 Å². The van der Waals surface area contributed by atoms with Gasteiger partial charge in [-0.3, -0.25) is 13.9 Å². The number of aromatic nitrogens is 3. The SMILES string of the molecule is COc1cccc([C@H]2OCCn3c(-c4ccccc4)c4c(=O)n(C)c(=O)n(C)c4c32)c1. The molecule has 0 spiro atoms. The van der Waals surface area contributed by atoms with Crippen LogP contribution in [-0.2, 0) is 25.4 Å². The van der Waals surface area contributed by atoms with Crippen molar-refractivity contribution in [2.24, 2.45) is 14.1 Å². The number of hydrogen-bond acceptors (Lipinski definition) is 4. The van der Waals surface area contributed by atoms with Crippen LogP contribution in [-0.4, -0.2) is 27.4 Å². The highest BCUT2D eigenvalue weighted by Gasteiger charge is 2.33. The number of hydrogen-bond donors (Lipinski definition) is 0. The third kappa shape index (κ3) is 2.84. The number of ether oxygens (including phenoxy) is 2. The predicted molar refractivity (Wildman–Crippen MR) is 119 cm³/mol. The van der Waals surface area contributed by atoms with Gasteiger partial charge < -0.3 is 14.0 Å². The van der Waals surface area contributed by atoms with Gasteiger partial charge in [-0.2, -0.15) is 0 Å². The maximum Gasteiger partial charge on any atom is 0.331 e. The number of methoxy groups -OCH3 is 1. The molecule has 0 amide bonds. The van der Waals surface area contributed by atoms with Crippen molar-refractivity contribution in [2.45, 2.75) is 12.6 Å². The predicted octanol–water partition coefficient (Wildman–Crippen LogP) is 2.83. The van der Waals surface area contributed by atoms with Gasteiger partial charge in [0.05, 0.1) is 36.0 Å². The minimum absolute atomic E-state index is 0.303. The van der Waals surface area contributed by atoms with Crippen LogP contribution in [0.25, 0.3) is 22.2 Å². The van der Waals surface area contributed by atoms with Gasteiger partial charge in [-0.25, -0.2) is 4.79 Å². The van der Waals surface area contributed by atoms with Crippen molar-refractivity contribution in [3.05, 3.63) is 86.7 Å². The zero-order chi connectivity index (χ0) is 21.7. The zero-order valence-corrected chi connectivity index (χ0v) is 17.7. The molecule has 0 aliphatic carbocycles. The van der Waals surface area contributed by atoms with E-state index in [1.54, 1.807) is 18.7 Å². The monoisotopic (exact) mass is 417 g/mol. The molecule has 0 unspecified atom stereocenters. The van der Waals surface area contributed by atoms with E-state index in [1.807, 2.05) is 54.6 Å². The lowest BCUT2D eigenvalue weighted by Crippen LogP contribution is -2.37. The maximum absolute atomic E-state index is 13.3. The van der Waals surface area contributed by atoms with Gasteiger partial charge in [-0.15, -0.1) is 0 Å². The average molecular weight is 417 g/mol. The van der Waals surface area contributed by atoms with Crippen LogP contribution in [0.5, 0.6) is 5.75 Å². The van der Waals surface area contributed by atoms with Crippen molar-refractivity contribution in [3.63, 3.8) is 0 Å². The van der Waals surface area contributed by atoms with Gasteiger partial charge in [0, 0.05) is 20.6 Å². The van der Waals surface area contributed by atoms with Gasteiger partial charge in [0.15, 0.2) is 0 Å². The van der Waals surface area contributed by atoms with Crippen molar-refractivity contribution in [1.29, 1.82) is 0 Å². The van der Waals surface area contributed by atoms with Crippen molar-refractivity contribution in [3.8, 4) is 17.0 Å². The van der Waals surface area contributed by atoms with E-state index in [1.165, 1.54) is 11.6 Å². The molecule has 0 fully saturated rings. The largest absolute Gasteiger partial charge is 0.497 e. The van der Waals surface area contributed by atoms with E-state index in [-0.39, 0.29) is 11.2 Å². The van der Waals surface area contributed by atoms with Crippen LogP contribution < -0.4 is 16.0 Å². The highest BCUT2D eigenvalue weighted by molar-refractivity contribution is 5.96. The molecule has 4 aromatic rings. The molecule has 0 saturated heterocycles. The number of benzene rings is 2. The molecule has 0 saturated carbocycles. The Morgan fingerprint density at radius 3 is 2.52 bits per heavy atom. The molecular weight excluding hydrogens is 394 g/mol. The number of fused-ring (bicyclic) bond motifs is 3. The van der Waals surface area contributed by atoms with Gasteiger partial charge >= 0.3 is 5.69 Å². The average Bonchev–Trinajstić information content (AvgIpc) is 3.17. The Morgan fingerprint density at radius 2 is 1.77 bits per heavy atom. The summed E-state index contributed by atoms with van der Waals surface area (Å²) in [5.41, 5.74) is 3.42. The quantitative estimate of drug-likeness (QED) is 0.514. The Hall–Kier alpha value is -3.58. The van der Waals surface area contributed by atoms with E-state index in [0.717, 1.165) is 28.3 Å². The molecule has 0 radical (unpaired) electrons. The Kier molecular flexibility index (Phi) is 4.55. The third-order valence-corrected chi connectivity index (χ3v) is 6.00. The van der Waals surface area contributed by atoms with E-state index in [0.29, 0.717) is 24.1 Å². The van der Waals surface area contributed by atoms with Crippen LogP contribution in [0.4, 0.5) is 0 Å². The molecule has 3 heterocycles. The Bertz CT molecular complexity index is 1410. The molecule has 2 aromatic heterocycles. The second kappa shape index (κ2) is 7.28. The second-order valence-electron chi connectivity index (χ2n) is 7.71. The highest BCUT2D eigenvalue weighted by Crippen LogP contribution is 2.40. The molecule has 31 heavy (non-hydrogen) atoms. The summed E-state index contributed by atoms with van der Waals surface area (Å²) in [5, 5.41) is 0.532. The van der Waals surface area contributed by atoms with E-state index in [2.05, 4.69) is 4.57 Å². The first-order chi connectivity index (χ1) is 15.0. The lowest BCUT2D eigenvalue weighted by atomic mass is 10.0. The summed E-state index contributed by atoms with van der Waals surface area (Å²) in [5.74, 6) is 0.724. The summed E-state index contributed by atoms with van der Waals surface area (Å²) in [4.78, 5) is 26.2. The summed E-state index contributed by atoms with van der Waals surface area (Å²) < 4.78 is 16.5. The number of nitrogens with zero attached hydrogens (tertiary/aromatic N) is 3. The van der Waals surface area contributed by atoms with Crippen LogP contribution in [0.2, 0.25) is 0 Å². The van der Waals surface area contributed by atoms with Crippen LogP contribution >= 0.6 is 0 Å². The molecule has 5 rings (SSSR count). The number of rotatable bonds is 3. The molecule has 0 bridgehead atoms. The molecule has 7 nitrogen and oxygen atoms in total. The van der Waals surface area contributed by atoms with E-state index in [4.69, 9.17) is 9.47 Å². The molecule has 1 atom stereocenters. The Morgan fingerprint density at radius 1 is 1.00 bits per heavy atom. The third-order valence-electron chi connectivity index (χ3n) is 6.00. The van der Waals surface area contributed by atoms with Gasteiger partial charge in [-0.05, 0) is 23.3 Å². The first-order valence-electron chi connectivity index (χ1n) is 10.2. The maximum atomic E-state index is 13.3. The smallest absolute Gasteiger partial charge is 0.331 e. The Balaban J connectivity index is 1.93. The Labute approximate surface area is 178 Å². The molecule has 2 aromatic carbocycles. The van der Waals surface area contributed by atoms with Crippen molar-refractivity contribution in [1.82, 2.24) is 13.7 Å². The second-order valence-corrected chi connectivity index (χ2v) is 7.71. The van der Waals surface area contributed by atoms with Gasteiger partial charge in [-0.1, -0.05) is 42.5 Å². The standard InChI is InChI=1S/C24H23N3O4/c1-25-20-18(23(28)26(2)24(25)29)19(15-8-5-4-6-9-15)27-12-13-31-22(21(20)27)16-10-7-11-17(14-16)30-3/h4-11,14,22H,12-13H2,1-3H3/t22-/m1/s1. The topological polar surface area (TPSA) is 67.4 Å². The first-order valence-corrected chi connectivity index (χ1v) is 10.2. The van der Waals surface area contributed by atoms with Crippen LogP contribution in [0.1, 0.15) is 17.4 Å². The molecule has 1 aliphatic heterocycles.